The summed E-state index contributed by atoms with van der Waals surface area (Å²) in [7, 11) is 1.42. The normalized spacial score (nSPS) is 10.6. The molecule has 0 aliphatic carbocycles. The molecule has 142 valence electrons. The molecule has 0 aliphatic heterocycles. The lowest BCUT2D eigenvalue weighted by Gasteiger charge is -2.11. The average Bonchev–Trinajstić information content (AvgIpc) is 2.63. The molecule has 9 heteroatoms. The fourth-order valence-corrected chi connectivity index (χ4v) is 2.49. The van der Waals surface area contributed by atoms with Crippen LogP contribution in [0.15, 0.2) is 46.0 Å². The van der Waals surface area contributed by atoms with E-state index in [1.807, 2.05) is 0 Å². The highest BCUT2D eigenvalue weighted by atomic mass is 79.9. The number of hydrogen-bond donors (Lipinski definition) is 2. The molecule has 0 saturated carbocycles. The average molecular weight is 439 g/mol. The fraction of sp³-hybridized carbons (Fsp3) is 0.167. The molecule has 0 fully saturated rings. The zero-order chi connectivity index (χ0) is 19.8. The third-order valence-electron chi connectivity index (χ3n) is 3.30. The van der Waals surface area contributed by atoms with Gasteiger partial charge in [-0.05, 0) is 45.8 Å². The summed E-state index contributed by atoms with van der Waals surface area (Å²) in [6, 6.07) is 8.73. The van der Waals surface area contributed by atoms with Crippen molar-refractivity contribution in [2.45, 2.75) is 6.42 Å². The number of methoxy groups -OCH3 is 1. The van der Waals surface area contributed by atoms with Crippen LogP contribution in [0.4, 0.5) is 4.39 Å². The number of carboxylic acid groups (broad SMARTS) is 1. The van der Waals surface area contributed by atoms with Gasteiger partial charge in [-0.1, -0.05) is 12.1 Å². The van der Waals surface area contributed by atoms with E-state index in [0.29, 0.717) is 21.3 Å². The van der Waals surface area contributed by atoms with E-state index in [4.69, 9.17) is 14.6 Å². The van der Waals surface area contributed by atoms with Crippen LogP contribution in [-0.2, 0) is 16.0 Å². The number of halogens is 2. The van der Waals surface area contributed by atoms with Crippen LogP contribution in [0.5, 0.6) is 11.5 Å². The Bertz CT molecular complexity index is 856. The summed E-state index contributed by atoms with van der Waals surface area (Å²) in [5.74, 6) is -1.26. The second-order valence-corrected chi connectivity index (χ2v) is 6.16. The number of aliphatic carboxylic acids is 1. The number of rotatable bonds is 8. The van der Waals surface area contributed by atoms with Crippen LogP contribution < -0.4 is 14.9 Å². The Morgan fingerprint density at radius 1 is 1.26 bits per heavy atom. The zero-order valence-electron chi connectivity index (χ0n) is 14.2. The van der Waals surface area contributed by atoms with Gasteiger partial charge in [0.1, 0.15) is 5.82 Å². The van der Waals surface area contributed by atoms with Gasteiger partial charge < -0.3 is 14.6 Å². The van der Waals surface area contributed by atoms with Crippen molar-refractivity contribution in [3.05, 3.63) is 57.8 Å². The number of nitrogens with zero attached hydrogens (tertiary/aromatic N) is 1. The number of amides is 1. The number of carboxylic acids is 1. The van der Waals surface area contributed by atoms with Crippen LogP contribution >= 0.6 is 15.9 Å². The SMILES string of the molecule is COc1cc(/C=N/NC(=O)Cc2ccc(F)cc2)c(Br)cc1OCC(=O)O. The van der Waals surface area contributed by atoms with Gasteiger partial charge in [0.2, 0.25) is 5.91 Å². The minimum atomic E-state index is -1.11. The first-order chi connectivity index (χ1) is 12.9. The molecule has 2 N–H and O–H groups in total. The monoisotopic (exact) mass is 438 g/mol. The zero-order valence-corrected chi connectivity index (χ0v) is 15.8. The van der Waals surface area contributed by atoms with Crippen molar-refractivity contribution in [2.75, 3.05) is 13.7 Å². The molecule has 0 radical (unpaired) electrons. The molecule has 0 unspecified atom stereocenters. The van der Waals surface area contributed by atoms with E-state index in [1.165, 1.54) is 37.6 Å². The maximum Gasteiger partial charge on any atom is 0.341 e. The predicted molar refractivity (Wildman–Crippen MR) is 99.7 cm³/mol. The van der Waals surface area contributed by atoms with Gasteiger partial charge in [0.05, 0.1) is 19.7 Å². The van der Waals surface area contributed by atoms with Crippen LogP contribution in [0.1, 0.15) is 11.1 Å². The molecule has 0 spiro atoms. The van der Waals surface area contributed by atoms with E-state index < -0.39 is 12.6 Å². The highest BCUT2D eigenvalue weighted by molar-refractivity contribution is 9.10. The molecular weight excluding hydrogens is 423 g/mol. The molecule has 1 amide bonds. The molecule has 0 heterocycles. The van der Waals surface area contributed by atoms with Crippen molar-refractivity contribution >= 4 is 34.0 Å². The first-order valence-corrected chi connectivity index (χ1v) is 8.47. The predicted octanol–water partition coefficient (Wildman–Crippen LogP) is 2.75. The van der Waals surface area contributed by atoms with Gasteiger partial charge in [0.25, 0.3) is 0 Å². The Labute approximate surface area is 162 Å². The number of benzene rings is 2. The lowest BCUT2D eigenvalue weighted by Crippen LogP contribution is -2.19. The van der Waals surface area contributed by atoms with E-state index in [0.717, 1.165) is 0 Å². The smallest absolute Gasteiger partial charge is 0.341 e. The summed E-state index contributed by atoms with van der Waals surface area (Å²) in [6.45, 7) is -0.504. The van der Waals surface area contributed by atoms with E-state index in [9.17, 15) is 14.0 Å². The number of carbonyl (C=O) groups is 2. The molecule has 0 saturated heterocycles. The second-order valence-electron chi connectivity index (χ2n) is 5.30. The summed E-state index contributed by atoms with van der Waals surface area (Å²) in [6.07, 6.45) is 1.46. The summed E-state index contributed by atoms with van der Waals surface area (Å²) in [4.78, 5) is 22.5. The van der Waals surface area contributed by atoms with E-state index in [2.05, 4.69) is 26.5 Å². The third kappa shape index (κ3) is 6.37. The van der Waals surface area contributed by atoms with Gasteiger partial charge in [-0.25, -0.2) is 14.6 Å². The molecule has 0 bridgehead atoms. The van der Waals surface area contributed by atoms with Crippen LogP contribution in [0, 0.1) is 5.82 Å². The standard InChI is InChI=1S/C18H16BrFN2O5/c1-26-15-7-12(14(19)8-16(15)27-10-18(24)25)9-21-22-17(23)6-11-2-4-13(20)5-3-11/h2-5,7-9H,6,10H2,1H3,(H,22,23)(H,24,25)/b21-9+. The minimum absolute atomic E-state index is 0.0596. The van der Waals surface area contributed by atoms with E-state index in [1.54, 1.807) is 12.1 Å². The summed E-state index contributed by atoms with van der Waals surface area (Å²) in [5, 5.41) is 12.6. The Balaban J connectivity index is 2.01. The lowest BCUT2D eigenvalue weighted by molar-refractivity contribution is -0.139. The second kappa shape index (κ2) is 9.67. The topological polar surface area (TPSA) is 97.2 Å². The van der Waals surface area contributed by atoms with E-state index >= 15 is 0 Å². The van der Waals surface area contributed by atoms with Crippen molar-refractivity contribution in [3.8, 4) is 11.5 Å². The van der Waals surface area contributed by atoms with Gasteiger partial charge in [0.15, 0.2) is 18.1 Å². The molecule has 0 atom stereocenters. The van der Waals surface area contributed by atoms with Crippen LogP contribution in [0.25, 0.3) is 0 Å². The Kier molecular flexibility index (Phi) is 7.30. The van der Waals surface area contributed by atoms with Crippen molar-refractivity contribution in [1.82, 2.24) is 5.43 Å². The summed E-state index contributed by atoms with van der Waals surface area (Å²) in [5.41, 5.74) is 3.62. The van der Waals surface area contributed by atoms with Crippen molar-refractivity contribution in [1.29, 1.82) is 0 Å². The molecule has 7 nitrogen and oxygen atoms in total. The van der Waals surface area contributed by atoms with Gasteiger partial charge in [-0.15, -0.1) is 0 Å². The van der Waals surface area contributed by atoms with Gasteiger partial charge in [-0.3, -0.25) is 4.79 Å². The van der Waals surface area contributed by atoms with Crippen LogP contribution in [0.3, 0.4) is 0 Å². The number of ether oxygens (including phenoxy) is 2. The molecule has 0 aliphatic rings. The summed E-state index contributed by atoms with van der Waals surface area (Å²) < 4.78 is 23.7. The molecule has 2 rings (SSSR count). The number of hydrazone groups is 1. The van der Waals surface area contributed by atoms with E-state index in [-0.39, 0.29) is 23.9 Å². The fourth-order valence-electron chi connectivity index (χ4n) is 2.06. The number of carbonyl (C=O) groups excluding carboxylic acids is 1. The quantitative estimate of drug-likeness (QED) is 0.487. The number of hydrogen-bond acceptors (Lipinski definition) is 5. The Morgan fingerprint density at radius 3 is 2.59 bits per heavy atom. The molecule has 0 aromatic heterocycles. The van der Waals surface area contributed by atoms with Crippen molar-refractivity contribution in [2.24, 2.45) is 5.10 Å². The molecular formula is C18H16BrFN2O5. The summed E-state index contributed by atoms with van der Waals surface area (Å²) >= 11 is 3.32. The molecule has 27 heavy (non-hydrogen) atoms. The lowest BCUT2D eigenvalue weighted by atomic mass is 10.1. The van der Waals surface area contributed by atoms with Crippen LogP contribution in [-0.4, -0.2) is 36.9 Å². The number of nitrogens with one attached hydrogen (secondary N) is 1. The van der Waals surface area contributed by atoms with Gasteiger partial charge >= 0.3 is 5.97 Å². The van der Waals surface area contributed by atoms with Gasteiger partial charge in [0, 0.05) is 10.0 Å². The largest absolute Gasteiger partial charge is 0.493 e. The minimum Gasteiger partial charge on any atom is -0.493 e. The highest BCUT2D eigenvalue weighted by Crippen LogP contribution is 2.32. The Hall–Kier alpha value is -2.94. The van der Waals surface area contributed by atoms with Gasteiger partial charge in [-0.2, -0.15) is 5.10 Å². The first kappa shape index (κ1) is 20.4. The third-order valence-corrected chi connectivity index (χ3v) is 3.99. The van der Waals surface area contributed by atoms with Crippen molar-refractivity contribution < 1.29 is 28.6 Å². The molecule has 2 aromatic rings. The maximum absolute atomic E-state index is 12.9. The Morgan fingerprint density at radius 2 is 1.96 bits per heavy atom. The first-order valence-electron chi connectivity index (χ1n) is 7.67. The molecule has 2 aromatic carbocycles. The maximum atomic E-state index is 12.9. The highest BCUT2D eigenvalue weighted by Gasteiger charge is 2.11. The van der Waals surface area contributed by atoms with Crippen molar-refractivity contribution in [3.63, 3.8) is 0 Å². The van der Waals surface area contributed by atoms with Crippen LogP contribution in [0.2, 0.25) is 0 Å².